The molecular weight excluding hydrogens is 358 g/mol. The summed E-state index contributed by atoms with van der Waals surface area (Å²) in [6.07, 6.45) is 10.6. The number of nitrogens with zero attached hydrogens (tertiary/aromatic N) is 1. The van der Waals surface area contributed by atoms with Gasteiger partial charge in [0.25, 0.3) is 0 Å². The maximum absolute atomic E-state index is 11.9. The average Bonchev–Trinajstić information content (AvgIpc) is 2.72. The van der Waals surface area contributed by atoms with Gasteiger partial charge in [-0.25, -0.2) is 4.79 Å². The summed E-state index contributed by atoms with van der Waals surface area (Å²) in [6.45, 7) is 4.13. The third-order valence-electron chi connectivity index (χ3n) is 6.78. The van der Waals surface area contributed by atoms with E-state index in [1.54, 1.807) is 0 Å². The van der Waals surface area contributed by atoms with Crippen molar-refractivity contribution in [2.75, 3.05) is 33.9 Å². The zero-order valence-corrected chi connectivity index (χ0v) is 17.9. The van der Waals surface area contributed by atoms with Crippen molar-refractivity contribution in [1.82, 2.24) is 4.90 Å². The normalized spacial score (nSPS) is 35.2. The first kappa shape index (κ1) is 22.0. The summed E-state index contributed by atoms with van der Waals surface area (Å²) in [5.74, 6) is 0.260. The lowest BCUT2D eigenvalue weighted by Gasteiger charge is -2.45. The minimum absolute atomic E-state index is 0.198. The number of likely N-dealkylation sites (N-methyl/N-ethyl adjacent to an activating group) is 1. The first-order valence-electron chi connectivity index (χ1n) is 11.3. The van der Waals surface area contributed by atoms with Gasteiger partial charge in [-0.05, 0) is 64.8 Å². The number of ether oxygens (including phenoxy) is 4. The van der Waals surface area contributed by atoms with Gasteiger partial charge in [0.15, 0.2) is 6.10 Å². The molecule has 1 heterocycles. The third kappa shape index (κ3) is 5.91. The second-order valence-electron chi connectivity index (χ2n) is 8.77. The van der Waals surface area contributed by atoms with E-state index in [9.17, 15) is 4.79 Å². The van der Waals surface area contributed by atoms with Gasteiger partial charge in [-0.2, -0.15) is 0 Å². The van der Waals surface area contributed by atoms with Crippen LogP contribution in [-0.4, -0.2) is 75.2 Å². The van der Waals surface area contributed by atoms with Gasteiger partial charge < -0.3 is 18.9 Å². The molecule has 0 aromatic rings. The molecule has 28 heavy (non-hydrogen) atoms. The molecular formula is C22H39NO5. The molecule has 0 N–H and O–H groups in total. The van der Waals surface area contributed by atoms with E-state index in [4.69, 9.17) is 18.9 Å². The van der Waals surface area contributed by atoms with Gasteiger partial charge >= 0.3 is 5.97 Å². The van der Waals surface area contributed by atoms with Crippen molar-refractivity contribution in [3.05, 3.63) is 0 Å². The van der Waals surface area contributed by atoms with Crippen LogP contribution in [0.5, 0.6) is 0 Å². The van der Waals surface area contributed by atoms with E-state index >= 15 is 0 Å². The van der Waals surface area contributed by atoms with E-state index in [0.29, 0.717) is 37.4 Å². The summed E-state index contributed by atoms with van der Waals surface area (Å²) in [5.41, 5.74) is 0. The Balaban J connectivity index is 1.37. The first-order valence-corrected chi connectivity index (χ1v) is 11.3. The van der Waals surface area contributed by atoms with Crippen molar-refractivity contribution < 1.29 is 23.7 Å². The number of carbonyl (C=O) groups is 1. The van der Waals surface area contributed by atoms with Crippen LogP contribution in [0.25, 0.3) is 0 Å². The zero-order chi connectivity index (χ0) is 19.9. The first-order chi connectivity index (χ1) is 13.6. The molecule has 162 valence electrons. The van der Waals surface area contributed by atoms with Crippen LogP contribution in [-0.2, 0) is 23.7 Å². The molecule has 3 rings (SSSR count). The Labute approximate surface area is 170 Å². The van der Waals surface area contributed by atoms with Gasteiger partial charge in [0, 0.05) is 19.2 Å². The summed E-state index contributed by atoms with van der Waals surface area (Å²) in [5, 5.41) is 0. The Morgan fingerprint density at radius 1 is 1.14 bits per heavy atom. The van der Waals surface area contributed by atoms with E-state index in [1.165, 1.54) is 32.8 Å². The lowest BCUT2D eigenvalue weighted by molar-refractivity contribution is -0.157. The molecule has 6 heteroatoms. The summed E-state index contributed by atoms with van der Waals surface area (Å²) >= 11 is 0. The van der Waals surface area contributed by atoms with Crippen LogP contribution in [0.4, 0.5) is 0 Å². The van der Waals surface area contributed by atoms with Crippen LogP contribution in [0.2, 0.25) is 0 Å². The molecule has 0 bridgehead atoms. The summed E-state index contributed by atoms with van der Waals surface area (Å²) in [7, 11) is 3.67. The maximum Gasteiger partial charge on any atom is 0.334 e. The smallest absolute Gasteiger partial charge is 0.334 e. The summed E-state index contributed by atoms with van der Waals surface area (Å²) < 4.78 is 23.1. The SMILES string of the molecule is CCOC(CC1CCC(OCC2CN(C)C3CCCCC3O2)CC1)C(=O)OC. The van der Waals surface area contributed by atoms with E-state index in [0.717, 1.165) is 38.6 Å². The van der Waals surface area contributed by atoms with E-state index in [-0.39, 0.29) is 12.1 Å². The number of fused-ring (bicyclic) bond motifs is 1. The molecule has 3 aliphatic rings. The standard InChI is InChI=1S/C22H39NO5/c1-4-26-21(22(24)25-3)13-16-9-11-17(12-10-16)27-15-18-14-23(2)19-7-5-6-8-20(19)28-18/h16-21H,4-15H2,1-3H3. The predicted octanol–water partition coefficient (Wildman–Crippen LogP) is 3.17. The number of hydrogen-bond acceptors (Lipinski definition) is 6. The molecule has 0 amide bonds. The van der Waals surface area contributed by atoms with Crippen LogP contribution in [0.15, 0.2) is 0 Å². The van der Waals surface area contributed by atoms with Gasteiger partial charge in [0.05, 0.1) is 32.0 Å². The summed E-state index contributed by atoms with van der Waals surface area (Å²) in [6, 6.07) is 0.605. The minimum atomic E-state index is -0.424. The lowest BCUT2D eigenvalue weighted by Crippen LogP contribution is -2.55. The van der Waals surface area contributed by atoms with Crippen molar-refractivity contribution in [3.8, 4) is 0 Å². The number of rotatable bonds is 8. The van der Waals surface area contributed by atoms with Crippen molar-refractivity contribution in [3.63, 3.8) is 0 Å². The van der Waals surface area contributed by atoms with Crippen molar-refractivity contribution >= 4 is 5.97 Å². The number of methoxy groups -OCH3 is 1. The van der Waals surface area contributed by atoms with Gasteiger partial charge in [0.2, 0.25) is 0 Å². The Hall–Kier alpha value is -0.690. The van der Waals surface area contributed by atoms with Gasteiger partial charge in [-0.1, -0.05) is 12.8 Å². The lowest BCUT2D eigenvalue weighted by atomic mass is 9.84. The summed E-state index contributed by atoms with van der Waals surface area (Å²) in [4.78, 5) is 14.3. The van der Waals surface area contributed by atoms with Crippen molar-refractivity contribution in [1.29, 1.82) is 0 Å². The Kier molecular flexibility index (Phi) is 8.57. The van der Waals surface area contributed by atoms with Crippen molar-refractivity contribution in [2.45, 2.75) is 95.2 Å². The van der Waals surface area contributed by atoms with Crippen LogP contribution >= 0.6 is 0 Å². The molecule has 4 unspecified atom stereocenters. The fraction of sp³-hybridized carbons (Fsp3) is 0.955. The molecule has 1 aliphatic heterocycles. The molecule has 2 saturated carbocycles. The fourth-order valence-corrected chi connectivity index (χ4v) is 5.22. The molecule has 3 fully saturated rings. The van der Waals surface area contributed by atoms with Crippen LogP contribution in [0, 0.1) is 5.92 Å². The van der Waals surface area contributed by atoms with Crippen LogP contribution < -0.4 is 0 Å². The monoisotopic (exact) mass is 397 g/mol. The van der Waals surface area contributed by atoms with E-state index in [1.807, 2.05) is 6.92 Å². The van der Waals surface area contributed by atoms with Gasteiger partial charge in [0.1, 0.15) is 0 Å². The highest BCUT2D eigenvalue weighted by atomic mass is 16.6. The third-order valence-corrected chi connectivity index (χ3v) is 6.78. The quantitative estimate of drug-likeness (QED) is 0.587. The van der Waals surface area contributed by atoms with Crippen LogP contribution in [0.3, 0.4) is 0 Å². The molecule has 4 atom stereocenters. The zero-order valence-electron chi connectivity index (χ0n) is 17.9. The number of hydrogen-bond donors (Lipinski definition) is 0. The highest BCUT2D eigenvalue weighted by molar-refractivity contribution is 5.74. The molecule has 6 nitrogen and oxygen atoms in total. The fourth-order valence-electron chi connectivity index (χ4n) is 5.22. The number of morpholine rings is 1. The molecule has 1 saturated heterocycles. The number of carbonyl (C=O) groups excluding carboxylic acids is 1. The van der Waals surface area contributed by atoms with Crippen LogP contribution in [0.1, 0.15) is 64.7 Å². The van der Waals surface area contributed by atoms with Gasteiger partial charge in [-0.3, -0.25) is 4.90 Å². The second-order valence-corrected chi connectivity index (χ2v) is 8.77. The Bertz CT molecular complexity index is 480. The highest BCUT2D eigenvalue weighted by Gasteiger charge is 2.37. The van der Waals surface area contributed by atoms with Gasteiger partial charge in [-0.15, -0.1) is 0 Å². The van der Waals surface area contributed by atoms with E-state index in [2.05, 4.69) is 11.9 Å². The topological polar surface area (TPSA) is 57.2 Å². The van der Waals surface area contributed by atoms with Crippen molar-refractivity contribution in [2.24, 2.45) is 5.92 Å². The maximum atomic E-state index is 11.9. The average molecular weight is 398 g/mol. The molecule has 0 aromatic carbocycles. The Morgan fingerprint density at radius 3 is 2.61 bits per heavy atom. The molecule has 2 aliphatic carbocycles. The van der Waals surface area contributed by atoms with E-state index < -0.39 is 6.10 Å². The minimum Gasteiger partial charge on any atom is -0.467 e. The molecule has 0 aromatic heterocycles. The second kappa shape index (κ2) is 10.9. The predicted molar refractivity (Wildman–Crippen MR) is 107 cm³/mol. The Morgan fingerprint density at radius 2 is 1.89 bits per heavy atom. The largest absolute Gasteiger partial charge is 0.467 e. The molecule has 0 radical (unpaired) electrons. The highest BCUT2D eigenvalue weighted by Crippen LogP contribution is 2.32. The molecule has 0 spiro atoms. The number of esters is 1.